The zero-order valence-corrected chi connectivity index (χ0v) is 12.8. The number of amides is 1. The van der Waals surface area contributed by atoms with Crippen molar-refractivity contribution in [3.05, 3.63) is 59.4 Å². The molecule has 0 atom stereocenters. The summed E-state index contributed by atoms with van der Waals surface area (Å²) in [6.07, 6.45) is 1.74. The summed E-state index contributed by atoms with van der Waals surface area (Å²) in [5, 5.41) is 3.25. The molecular formula is C17H21N3O. The molecule has 4 nitrogen and oxygen atoms in total. The number of anilines is 1. The van der Waals surface area contributed by atoms with E-state index in [4.69, 9.17) is 0 Å². The molecule has 0 aliphatic rings. The third-order valence-corrected chi connectivity index (χ3v) is 3.24. The van der Waals surface area contributed by atoms with E-state index in [1.807, 2.05) is 50.2 Å². The first-order valence-electron chi connectivity index (χ1n) is 7.11. The summed E-state index contributed by atoms with van der Waals surface area (Å²) in [7, 11) is 1.80. The van der Waals surface area contributed by atoms with Crippen LogP contribution in [-0.4, -0.2) is 29.4 Å². The third kappa shape index (κ3) is 3.81. The maximum absolute atomic E-state index is 12.6. The van der Waals surface area contributed by atoms with Crippen molar-refractivity contribution in [2.75, 3.05) is 18.9 Å². The van der Waals surface area contributed by atoms with Gasteiger partial charge in [0.25, 0.3) is 5.91 Å². The molecule has 0 aliphatic heterocycles. The number of aromatic nitrogens is 1. The van der Waals surface area contributed by atoms with Gasteiger partial charge in [0.15, 0.2) is 0 Å². The number of nitrogens with one attached hydrogen (secondary N) is 1. The number of pyridine rings is 1. The van der Waals surface area contributed by atoms with Gasteiger partial charge in [0, 0.05) is 25.5 Å². The van der Waals surface area contributed by atoms with Gasteiger partial charge in [-0.25, -0.2) is 0 Å². The van der Waals surface area contributed by atoms with E-state index in [1.54, 1.807) is 18.1 Å². The fourth-order valence-electron chi connectivity index (χ4n) is 2.19. The molecule has 0 saturated carbocycles. The Bertz CT molecular complexity index is 611. The third-order valence-electron chi connectivity index (χ3n) is 3.24. The number of carbonyl (C=O) groups excluding carboxylic acids is 1. The second-order valence-corrected chi connectivity index (χ2v) is 5.06. The summed E-state index contributed by atoms with van der Waals surface area (Å²) in [5.74, 6) is -0.00315. The average Bonchev–Trinajstić information content (AvgIpc) is 2.48. The zero-order chi connectivity index (χ0) is 15.2. The molecule has 2 rings (SSSR count). The molecule has 1 amide bonds. The minimum absolute atomic E-state index is 0.00315. The first-order chi connectivity index (χ1) is 10.1. The van der Waals surface area contributed by atoms with Gasteiger partial charge in [-0.1, -0.05) is 12.1 Å². The highest BCUT2D eigenvalue weighted by Gasteiger charge is 2.16. The normalized spacial score (nSPS) is 10.2. The Morgan fingerprint density at radius 2 is 2.10 bits per heavy atom. The summed E-state index contributed by atoms with van der Waals surface area (Å²) >= 11 is 0. The first-order valence-corrected chi connectivity index (χ1v) is 7.11. The highest BCUT2D eigenvalue weighted by Crippen LogP contribution is 2.19. The molecule has 1 aromatic heterocycles. The number of benzene rings is 1. The lowest BCUT2D eigenvalue weighted by Crippen LogP contribution is -2.27. The summed E-state index contributed by atoms with van der Waals surface area (Å²) in [6.45, 7) is 5.33. The van der Waals surface area contributed by atoms with Crippen molar-refractivity contribution in [3.8, 4) is 0 Å². The van der Waals surface area contributed by atoms with Gasteiger partial charge in [-0.05, 0) is 43.7 Å². The Hall–Kier alpha value is -2.36. The summed E-state index contributed by atoms with van der Waals surface area (Å²) in [5.41, 5.74) is 3.59. The van der Waals surface area contributed by atoms with Crippen LogP contribution in [0.25, 0.3) is 0 Å². The molecular weight excluding hydrogens is 262 g/mol. The molecule has 0 radical (unpaired) electrons. The van der Waals surface area contributed by atoms with Crippen molar-refractivity contribution < 1.29 is 4.79 Å². The second kappa shape index (κ2) is 6.88. The van der Waals surface area contributed by atoms with Gasteiger partial charge in [0.1, 0.15) is 0 Å². The maximum atomic E-state index is 12.6. The van der Waals surface area contributed by atoms with Crippen LogP contribution in [-0.2, 0) is 6.54 Å². The molecule has 1 aromatic carbocycles. The molecule has 21 heavy (non-hydrogen) atoms. The molecule has 1 heterocycles. The van der Waals surface area contributed by atoms with E-state index in [-0.39, 0.29) is 5.91 Å². The van der Waals surface area contributed by atoms with Gasteiger partial charge in [-0.2, -0.15) is 0 Å². The van der Waals surface area contributed by atoms with Gasteiger partial charge in [0.2, 0.25) is 0 Å². The molecule has 110 valence electrons. The van der Waals surface area contributed by atoms with Crippen LogP contribution in [0.2, 0.25) is 0 Å². The van der Waals surface area contributed by atoms with E-state index in [1.165, 1.54) is 0 Å². The van der Waals surface area contributed by atoms with Crippen molar-refractivity contribution in [2.45, 2.75) is 20.4 Å². The number of hydrogen-bond donors (Lipinski definition) is 1. The maximum Gasteiger partial charge on any atom is 0.256 e. The van der Waals surface area contributed by atoms with E-state index in [9.17, 15) is 4.79 Å². The quantitative estimate of drug-likeness (QED) is 0.917. The lowest BCUT2D eigenvalue weighted by Gasteiger charge is -2.19. The SMILES string of the molecule is CCNc1cc(C)ccc1C(=O)N(C)Cc1ccccn1. The number of carbonyl (C=O) groups is 1. The van der Waals surface area contributed by atoms with E-state index in [0.29, 0.717) is 12.1 Å². The highest BCUT2D eigenvalue weighted by molar-refractivity contribution is 5.99. The molecule has 4 heteroatoms. The van der Waals surface area contributed by atoms with Gasteiger partial charge in [-0.15, -0.1) is 0 Å². The van der Waals surface area contributed by atoms with E-state index in [2.05, 4.69) is 10.3 Å². The van der Waals surface area contributed by atoms with Crippen molar-refractivity contribution >= 4 is 11.6 Å². The Balaban J connectivity index is 2.19. The van der Waals surface area contributed by atoms with E-state index < -0.39 is 0 Å². The molecule has 0 spiro atoms. The largest absolute Gasteiger partial charge is 0.385 e. The monoisotopic (exact) mass is 283 g/mol. The number of rotatable bonds is 5. The van der Waals surface area contributed by atoms with Gasteiger partial charge in [-0.3, -0.25) is 9.78 Å². The van der Waals surface area contributed by atoms with Gasteiger partial charge in [0.05, 0.1) is 17.8 Å². The Labute approximate surface area is 125 Å². The van der Waals surface area contributed by atoms with E-state index >= 15 is 0 Å². The van der Waals surface area contributed by atoms with Crippen molar-refractivity contribution in [1.29, 1.82) is 0 Å². The van der Waals surface area contributed by atoms with Gasteiger partial charge >= 0.3 is 0 Å². The highest BCUT2D eigenvalue weighted by atomic mass is 16.2. The minimum Gasteiger partial charge on any atom is -0.385 e. The molecule has 1 N–H and O–H groups in total. The van der Waals surface area contributed by atoms with E-state index in [0.717, 1.165) is 23.5 Å². The first kappa shape index (κ1) is 15.0. The lowest BCUT2D eigenvalue weighted by atomic mass is 10.1. The Kier molecular flexibility index (Phi) is 4.93. The topological polar surface area (TPSA) is 45.2 Å². The van der Waals surface area contributed by atoms with Crippen LogP contribution in [0, 0.1) is 6.92 Å². The summed E-state index contributed by atoms with van der Waals surface area (Å²) in [4.78, 5) is 18.6. The van der Waals surface area contributed by atoms with Crippen LogP contribution in [0.4, 0.5) is 5.69 Å². The summed E-state index contributed by atoms with van der Waals surface area (Å²) < 4.78 is 0. The zero-order valence-electron chi connectivity index (χ0n) is 12.8. The fraction of sp³-hybridized carbons (Fsp3) is 0.294. The molecule has 0 bridgehead atoms. The average molecular weight is 283 g/mol. The standard InChI is InChI=1S/C17H21N3O/c1-4-18-16-11-13(2)8-9-15(16)17(21)20(3)12-14-7-5-6-10-19-14/h5-11,18H,4,12H2,1-3H3. The van der Waals surface area contributed by atoms with Crippen LogP contribution in [0.5, 0.6) is 0 Å². The van der Waals surface area contributed by atoms with Crippen LogP contribution in [0.3, 0.4) is 0 Å². The summed E-state index contributed by atoms with van der Waals surface area (Å²) in [6, 6.07) is 11.6. The number of hydrogen-bond acceptors (Lipinski definition) is 3. The van der Waals surface area contributed by atoms with Crippen molar-refractivity contribution in [2.24, 2.45) is 0 Å². The van der Waals surface area contributed by atoms with Crippen LogP contribution in [0.15, 0.2) is 42.6 Å². The minimum atomic E-state index is -0.00315. The van der Waals surface area contributed by atoms with Gasteiger partial charge < -0.3 is 10.2 Å². The Morgan fingerprint density at radius 1 is 1.29 bits per heavy atom. The Morgan fingerprint density at radius 3 is 2.76 bits per heavy atom. The molecule has 0 fully saturated rings. The molecule has 2 aromatic rings. The predicted octanol–water partition coefficient (Wildman–Crippen LogP) is 3.09. The smallest absolute Gasteiger partial charge is 0.256 e. The van der Waals surface area contributed by atoms with Crippen molar-refractivity contribution in [1.82, 2.24) is 9.88 Å². The molecule has 0 unspecified atom stereocenters. The number of aryl methyl sites for hydroxylation is 1. The van der Waals surface area contributed by atoms with Crippen molar-refractivity contribution in [3.63, 3.8) is 0 Å². The van der Waals surface area contributed by atoms with Crippen LogP contribution >= 0.6 is 0 Å². The van der Waals surface area contributed by atoms with Crippen LogP contribution < -0.4 is 5.32 Å². The lowest BCUT2D eigenvalue weighted by molar-refractivity contribution is 0.0784. The number of nitrogens with zero attached hydrogens (tertiary/aromatic N) is 2. The molecule has 0 saturated heterocycles. The molecule has 0 aliphatic carbocycles. The predicted molar refractivity (Wildman–Crippen MR) is 85.4 cm³/mol. The second-order valence-electron chi connectivity index (χ2n) is 5.06. The fourth-order valence-corrected chi connectivity index (χ4v) is 2.19. The van der Waals surface area contributed by atoms with Crippen LogP contribution in [0.1, 0.15) is 28.5 Å².